The van der Waals surface area contributed by atoms with Crippen molar-refractivity contribution in [2.24, 2.45) is 11.8 Å². The lowest BCUT2D eigenvalue weighted by molar-refractivity contribution is -0.136. The zero-order valence-electron chi connectivity index (χ0n) is 20.0. The lowest BCUT2D eigenvalue weighted by Gasteiger charge is -2.41. The Bertz CT molecular complexity index is 1080. The van der Waals surface area contributed by atoms with Gasteiger partial charge in [0.25, 0.3) is 5.91 Å². The molecule has 2 fully saturated rings. The number of halogens is 1. The van der Waals surface area contributed by atoms with Crippen LogP contribution < -0.4 is 5.32 Å². The van der Waals surface area contributed by atoms with Gasteiger partial charge in [0.05, 0.1) is 5.69 Å². The van der Waals surface area contributed by atoms with Crippen LogP contribution in [0.1, 0.15) is 37.9 Å². The quantitative estimate of drug-likeness (QED) is 0.632. The van der Waals surface area contributed by atoms with Crippen LogP contribution in [0.5, 0.6) is 0 Å². The number of nitrogens with one attached hydrogen (secondary N) is 1. The number of imide groups is 1. The molecule has 2 aromatic rings. The van der Waals surface area contributed by atoms with E-state index in [1.807, 2.05) is 26.8 Å². The molecule has 34 heavy (non-hydrogen) atoms. The van der Waals surface area contributed by atoms with Crippen molar-refractivity contribution in [3.05, 3.63) is 53.6 Å². The summed E-state index contributed by atoms with van der Waals surface area (Å²) in [6.07, 6.45) is 3.14. The fraction of sp³-hybridized carbons (Fsp3) is 0.520. The van der Waals surface area contributed by atoms with Gasteiger partial charge in [0.2, 0.25) is 5.91 Å². The largest absolute Gasteiger partial charge is 0.341 e. The summed E-state index contributed by atoms with van der Waals surface area (Å²) >= 11 is 0. The molecule has 2 saturated heterocycles. The van der Waals surface area contributed by atoms with E-state index in [1.165, 1.54) is 17.0 Å². The van der Waals surface area contributed by atoms with Gasteiger partial charge >= 0.3 is 6.03 Å². The maximum absolute atomic E-state index is 13.9. The SMILES string of the molecule is Cc1ccn(CC(=O)N2CCC(C3(Cc4cccc(F)c4)NC(=O)N(CC(C)C)C3=O)CC2)n1. The van der Waals surface area contributed by atoms with Gasteiger partial charge in [-0.1, -0.05) is 26.0 Å². The summed E-state index contributed by atoms with van der Waals surface area (Å²) in [5.74, 6) is -0.695. The molecule has 8 nitrogen and oxygen atoms in total. The van der Waals surface area contributed by atoms with E-state index in [0.29, 0.717) is 38.0 Å². The van der Waals surface area contributed by atoms with Gasteiger partial charge in [-0.15, -0.1) is 0 Å². The number of nitrogens with zero attached hydrogens (tertiary/aromatic N) is 4. The number of aromatic nitrogens is 2. The Kier molecular flexibility index (Phi) is 6.72. The number of carbonyl (C=O) groups excluding carboxylic acids is 3. The van der Waals surface area contributed by atoms with Crippen LogP contribution in [-0.4, -0.2) is 62.6 Å². The second-order valence-corrected chi connectivity index (χ2v) is 9.83. The van der Waals surface area contributed by atoms with E-state index in [-0.39, 0.29) is 42.4 Å². The number of rotatable bonds is 7. The van der Waals surface area contributed by atoms with Crippen molar-refractivity contribution in [2.75, 3.05) is 19.6 Å². The highest BCUT2D eigenvalue weighted by Gasteiger charge is 2.56. The molecule has 0 radical (unpaired) electrons. The summed E-state index contributed by atoms with van der Waals surface area (Å²) in [4.78, 5) is 42.4. The minimum absolute atomic E-state index is 0.0241. The van der Waals surface area contributed by atoms with Gasteiger partial charge in [-0.25, -0.2) is 9.18 Å². The molecule has 2 aliphatic heterocycles. The van der Waals surface area contributed by atoms with Crippen molar-refractivity contribution in [1.29, 1.82) is 0 Å². The molecule has 4 rings (SSSR count). The smallest absolute Gasteiger partial charge is 0.325 e. The second kappa shape index (κ2) is 9.56. The number of aryl methyl sites for hydroxylation is 1. The topological polar surface area (TPSA) is 87.5 Å². The van der Waals surface area contributed by atoms with Crippen LogP contribution in [0.15, 0.2) is 36.5 Å². The molecule has 0 bridgehead atoms. The summed E-state index contributed by atoms with van der Waals surface area (Å²) in [5, 5.41) is 7.27. The molecule has 1 N–H and O–H groups in total. The van der Waals surface area contributed by atoms with E-state index >= 15 is 0 Å². The number of hydrogen-bond donors (Lipinski definition) is 1. The van der Waals surface area contributed by atoms with Crippen LogP contribution in [-0.2, 0) is 22.6 Å². The molecular formula is C25H32FN5O3. The predicted molar refractivity (Wildman–Crippen MR) is 124 cm³/mol. The Hall–Kier alpha value is -3.23. The van der Waals surface area contributed by atoms with E-state index in [4.69, 9.17) is 0 Å². The maximum atomic E-state index is 13.9. The molecule has 0 saturated carbocycles. The van der Waals surface area contributed by atoms with E-state index in [0.717, 1.165) is 5.69 Å². The maximum Gasteiger partial charge on any atom is 0.325 e. The molecule has 182 valence electrons. The third-order valence-electron chi connectivity index (χ3n) is 6.74. The molecule has 4 amide bonds. The minimum atomic E-state index is -1.14. The Morgan fingerprint density at radius 1 is 1.24 bits per heavy atom. The normalized spacial score (nSPS) is 21.4. The van der Waals surface area contributed by atoms with Crippen molar-refractivity contribution >= 4 is 17.8 Å². The number of amides is 4. The van der Waals surface area contributed by atoms with E-state index in [1.54, 1.807) is 27.9 Å². The van der Waals surface area contributed by atoms with Crippen LogP contribution in [0.2, 0.25) is 0 Å². The molecule has 1 aromatic heterocycles. The van der Waals surface area contributed by atoms with E-state index < -0.39 is 11.6 Å². The molecule has 0 aliphatic carbocycles. The fourth-order valence-corrected chi connectivity index (χ4v) is 5.10. The highest BCUT2D eigenvalue weighted by molar-refractivity contribution is 6.07. The van der Waals surface area contributed by atoms with Crippen LogP contribution in [0.4, 0.5) is 9.18 Å². The van der Waals surface area contributed by atoms with Gasteiger partial charge < -0.3 is 10.2 Å². The first-order valence-corrected chi connectivity index (χ1v) is 11.8. The van der Waals surface area contributed by atoms with Crippen molar-refractivity contribution in [2.45, 2.75) is 52.1 Å². The number of likely N-dealkylation sites (tertiary alicyclic amines) is 1. The van der Waals surface area contributed by atoms with Gasteiger partial charge in [-0.05, 0) is 55.4 Å². The second-order valence-electron chi connectivity index (χ2n) is 9.83. The van der Waals surface area contributed by atoms with E-state index in [2.05, 4.69) is 10.4 Å². The van der Waals surface area contributed by atoms with Gasteiger partial charge in [0, 0.05) is 32.3 Å². The van der Waals surface area contributed by atoms with Crippen LogP contribution >= 0.6 is 0 Å². The number of urea groups is 1. The van der Waals surface area contributed by atoms with Gasteiger partial charge in [-0.2, -0.15) is 5.10 Å². The third-order valence-corrected chi connectivity index (χ3v) is 6.74. The molecule has 9 heteroatoms. The van der Waals surface area contributed by atoms with Crippen molar-refractivity contribution in [3.8, 4) is 0 Å². The molecule has 1 atom stereocenters. The Labute approximate surface area is 199 Å². The van der Waals surface area contributed by atoms with Crippen molar-refractivity contribution < 1.29 is 18.8 Å². The summed E-state index contributed by atoms with van der Waals surface area (Å²) in [5.41, 5.74) is 0.369. The van der Waals surface area contributed by atoms with Gasteiger partial charge in [-0.3, -0.25) is 19.2 Å². The Morgan fingerprint density at radius 3 is 2.59 bits per heavy atom. The first-order valence-electron chi connectivity index (χ1n) is 11.8. The first-order chi connectivity index (χ1) is 16.2. The monoisotopic (exact) mass is 469 g/mol. The molecule has 2 aliphatic rings. The Balaban J connectivity index is 1.52. The average molecular weight is 470 g/mol. The third kappa shape index (κ3) is 4.83. The fourth-order valence-electron chi connectivity index (χ4n) is 5.10. The highest BCUT2D eigenvalue weighted by atomic mass is 19.1. The minimum Gasteiger partial charge on any atom is -0.341 e. The zero-order chi connectivity index (χ0) is 24.5. The van der Waals surface area contributed by atoms with Crippen LogP contribution in [0.3, 0.4) is 0 Å². The number of carbonyl (C=O) groups is 3. The predicted octanol–water partition coefficient (Wildman–Crippen LogP) is 2.76. The van der Waals surface area contributed by atoms with Gasteiger partial charge in [0.1, 0.15) is 17.9 Å². The van der Waals surface area contributed by atoms with Gasteiger partial charge in [0.15, 0.2) is 0 Å². The van der Waals surface area contributed by atoms with Crippen molar-refractivity contribution in [3.63, 3.8) is 0 Å². The number of hydrogen-bond acceptors (Lipinski definition) is 4. The number of piperidine rings is 1. The molecule has 1 aromatic carbocycles. The molecule has 1 unspecified atom stereocenters. The standard InChI is InChI=1S/C25H32FN5O3/c1-17(2)15-31-23(33)25(27-24(31)34,14-19-5-4-6-21(26)13-19)20-8-10-29(11-9-20)22(32)16-30-12-7-18(3)28-30/h4-7,12-13,17,20H,8-11,14-16H2,1-3H3,(H,27,34). The highest BCUT2D eigenvalue weighted by Crippen LogP contribution is 2.37. The summed E-state index contributed by atoms with van der Waals surface area (Å²) in [6, 6.07) is 7.62. The van der Waals surface area contributed by atoms with Crippen molar-refractivity contribution in [1.82, 2.24) is 24.9 Å². The summed E-state index contributed by atoms with van der Waals surface area (Å²) in [6.45, 7) is 7.27. The zero-order valence-corrected chi connectivity index (χ0v) is 20.0. The molecule has 3 heterocycles. The van der Waals surface area contributed by atoms with Crippen LogP contribution in [0, 0.1) is 24.6 Å². The molecule has 0 spiro atoms. The molecular weight excluding hydrogens is 437 g/mol. The Morgan fingerprint density at radius 2 is 1.97 bits per heavy atom. The lowest BCUT2D eigenvalue weighted by atomic mass is 9.73. The summed E-state index contributed by atoms with van der Waals surface area (Å²) < 4.78 is 15.5. The lowest BCUT2D eigenvalue weighted by Crippen LogP contribution is -2.58. The van der Waals surface area contributed by atoms with Crippen LogP contribution in [0.25, 0.3) is 0 Å². The number of benzene rings is 1. The first kappa shape index (κ1) is 23.9. The van der Waals surface area contributed by atoms with E-state index in [9.17, 15) is 18.8 Å². The summed E-state index contributed by atoms with van der Waals surface area (Å²) in [7, 11) is 0. The average Bonchev–Trinajstić information content (AvgIpc) is 3.29.